The molecule has 1 aromatic heterocycles. The molecule has 0 saturated carbocycles. The highest BCUT2D eigenvalue weighted by Gasteiger charge is 2.15. The predicted octanol–water partition coefficient (Wildman–Crippen LogP) is 4.18. The first kappa shape index (κ1) is 11.4. The molecule has 3 rings (SSSR count). The molecule has 1 aliphatic heterocycles. The lowest BCUT2D eigenvalue weighted by Crippen LogP contribution is -2.32. The summed E-state index contributed by atoms with van der Waals surface area (Å²) in [4.78, 5) is 2.48. The normalized spacial score (nSPS) is 17.1. The third-order valence-corrected chi connectivity index (χ3v) is 3.82. The van der Waals surface area contributed by atoms with Crippen molar-refractivity contribution in [2.75, 3.05) is 18.0 Å². The molecular weight excluding hydrogens is 222 g/mol. The zero-order valence-corrected chi connectivity index (χ0v) is 10.8. The zero-order valence-electron chi connectivity index (χ0n) is 10.8. The molecule has 2 aromatic rings. The summed E-state index contributed by atoms with van der Waals surface area (Å²) < 4.78 is 5.41. The fraction of sp³-hybridized carbons (Fsp3) is 0.375. The third kappa shape index (κ3) is 2.28. The molecule has 2 nitrogen and oxygen atoms in total. The average Bonchev–Trinajstić information content (AvgIpc) is 2.94. The molecular formula is C16H19NO. The van der Waals surface area contributed by atoms with Crippen LogP contribution in [0, 0.1) is 5.92 Å². The number of furan rings is 1. The minimum atomic E-state index is 0.878. The van der Waals surface area contributed by atoms with E-state index in [2.05, 4.69) is 36.1 Å². The van der Waals surface area contributed by atoms with Crippen molar-refractivity contribution in [1.29, 1.82) is 0 Å². The SMILES string of the molecule is CC1CCN(c2ccc(-c3ccco3)cc2)CC1. The van der Waals surface area contributed by atoms with Crippen molar-refractivity contribution in [3.05, 3.63) is 42.7 Å². The van der Waals surface area contributed by atoms with Gasteiger partial charge in [-0.15, -0.1) is 0 Å². The number of nitrogens with zero attached hydrogens (tertiary/aromatic N) is 1. The Morgan fingerprint density at radius 1 is 1.06 bits per heavy atom. The van der Waals surface area contributed by atoms with E-state index in [9.17, 15) is 0 Å². The lowest BCUT2D eigenvalue weighted by molar-refractivity contribution is 0.438. The highest BCUT2D eigenvalue weighted by molar-refractivity contribution is 5.61. The topological polar surface area (TPSA) is 16.4 Å². The van der Waals surface area contributed by atoms with Gasteiger partial charge in [-0.2, -0.15) is 0 Å². The Morgan fingerprint density at radius 3 is 2.39 bits per heavy atom. The minimum absolute atomic E-state index is 0.878. The molecule has 0 radical (unpaired) electrons. The molecule has 2 heterocycles. The highest BCUT2D eigenvalue weighted by Crippen LogP contribution is 2.26. The van der Waals surface area contributed by atoms with E-state index in [4.69, 9.17) is 4.42 Å². The molecule has 0 amide bonds. The molecule has 18 heavy (non-hydrogen) atoms. The first-order valence-corrected chi connectivity index (χ1v) is 6.72. The second-order valence-corrected chi connectivity index (χ2v) is 5.19. The van der Waals surface area contributed by atoms with Gasteiger partial charge in [-0.1, -0.05) is 6.92 Å². The van der Waals surface area contributed by atoms with E-state index in [1.165, 1.54) is 31.6 Å². The van der Waals surface area contributed by atoms with Crippen molar-refractivity contribution in [2.45, 2.75) is 19.8 Å². The monoisotopic (exact) mass is 241 g/mol. The van der Waals surface area contributed by atoms with Crippen LogP contribution in [0.15, 0.2) is 47.1 Å². The second-order valence-electron chi connectivity index (χ2n) is 5.19. The Kier molecular flexibility index (Phi) is 3.09. The first-order chi connectivity index (χ1) is 8.83. The molecule has 0 unspecified atom stereocenters. The summed E-state index contributed by atoms with van der Waals surface area (Å²) in [5, 5.41) is 0. The van der Waals surface area contributed by atoms with E-state index in [-0.39, 0.29) is 0 Å². The maximum atomic E-state index is 5.41. The Hall–Kier alpha value is -1.70. The minimum Gasteiger partial charge on any atom is -0.464 e. The number of hydrogen-bond acceptors (Lipinski definition) is 2. The fourth-order valence-electron chi connectivity index (χ4n) is 2.55. The first-order valence-electron chi connectivity index (χ1n) is 6.72. The van der Waals surface area contributed by atoms with Crippen molar-refractivity contribution in [3.8, 4) is 11.3 Å². The summed E-state index contributed by atoms with van der Waals surface area (Å²) >= 11 is 0. The summed E-state index contributed by atoms with van der Waals surface area (Å²) in [6, 6.07) is 12.6. The van der Waals surface area contributed by atoms with Gasteiger partial charge in [0.1, 0.15) is 5.76 Å². The fourth-order valence-corrected chi connectivity index (χ4v) is 2.55. The Bertz CT molecular complexity index is 478. The van der Waals surface area contributed by atoms with Gasteiger partial charge in [-0.25, -0.2) is 0 Å². The smallest absolute Gasteiger partial charge is 0.133 e. The van der Waals surface area contributed by atoms with Crippen LogP contribution in [0.2, 0.25) is 0 Å². The number of anilines is 1. The van der Waals surface area contributed by atoms with Crippen molar-refractivity contribution in [1.82, 2.24) is 0 Å². The standard InChI is InChI=1S/C16H19NO/c1-13-8-10-17(11-9-13)15-6-4-14(5-7-15)16-3-2-12-18-16/h2-7,12-13H,8-11H2,1H3. The lowest BCUT2D eigenvalue weighted by Gasteiger charge is -2.32. The van der Waals surface area contributed by atoms with Gasteiger partial charge in [0.05, 0.1) is 6.26 Å². The summed E-state index contributed by atoms with van der Waals surface area (Å²) in [6.45, 7) is 4.71. The van der Waals surface area contributed by atoms with Crippen LogP contribution in [0.4, 0.5) is 5.69 Å². The molecule has 0 atom stereocenters. The summed E-state index contributed by atoms with van der Waals surface area (Å²) in [5.41, 5.74) is 2.48. The zero-order chi connectivity index (χ0) is 12.4. The molecule has 1 fully saturated rings. The van der Waals surface area contributed by atoms with Gasteiger partial charge in [0, 0.05) is 24.3 Å². The molecule has 0 bridgehead atoms. The van der Waals surface area contributed by atoms with Crippen LogP contribution in [-0.4, -0.2) is 13.1 Å². The van der Waals surface area contributed by atoms with E-state index in [0.717, 1.165) is 17.2 Å². The van der Waals surface area contributed by atoms with Crippen LogP contribution in [-0.2, 0) is 0 Å². The van der Waals surface area contributed by atoms with Crippen LogP contribution >= 0.6 is 0 Å². The Balaban J connectivity index is 1.75. The van der Waals surface area contributed by atoms with Gasteiger partial charge >= 0.3 is 0 Å². The van der Waals surface area contributed by atoms with Gasteiger partial charge in [0.25, 0.3) is 0 Å². The largest absolute Gasteiger partial charge is 0.464 e. The number of hydrogen-bond donors (Lipinski definition) is 0. The molecule has 0 spiro atoms. The average molecular weight is 241 g/mol. The van der Waals surface area contributed by atoms with Gasteiger partial charge in [0.2, 0.25) is 0 Å². The van der Waals surface area contributed by atoms with Crippen LogP contribution in [0.3, 0.4) is 0 Å². The molecule has 1 aliphatic rings. The van der Waals surface area contributed by atoms with Gasteiger partial charge < -0.3 is 9.32 Å². The van der Waals surface area contributed by atoms with E-state index >= 15 is 0 Å². The Morgan fingerprint density at radius 2 is 1.78 bits per heavy atom. The maximum absolute atomic E-state index is 5.41. The highest BCUT2D eigenvalue weighted by atomic mass is 16.3. The van der Waals surface area contributed by atoms with Crippen LogP contribution in [0.5, 0.6) is 0 Å². The molecule has 1 saturated heterocycles. The quantitative estimate of drug-likeness (QED) is 0.784. The second kappa shape index (κ2) is 4.89. The maximum Gasteiger partial charge on any atom is 0.133 e. The summed E-state index contributed by atoms with van der Waals surface area (Å²) in [7, 11) is 0. The van der Waals surface area contributed by atoms with E-state index < -0.39 is 0 Å². The molecule has 1 aromatic carbocycles. The van der Waals surface area contributed by atoms with Crippen molar-refractivity contribution < 1.29 is 4.42 Å². The summed E-state index contributed by atoms with van der Waals surface area (Å²) in [6.07, 6.45) is 4.33. The Labute approximate surface area is 108 Å². The third-order valence-electron chi connectivity index (χ3n) is 3.82. The molecule has 0 aliphatic carbocycles. The van der Waals surface area contributed by atoms with E-state index in [1.807, 2.05) is 12.1 Å². The van der Waals surface area contributed by atoms with E-state index in [0.29, 0.717) is 0 Å². The van der Waals surface area contributed by atoms with Crippen LogP contribution < -0.4 is 4.90 Å². The van der Waals surface area contributed by atoms with Gasteiger partial charge in [0.15, 0.2) is 0 Å². The number of piperidine rings is 1. The number of rotatable bonds is 2. The predicted molar refractivity (Wildman–Crippen MR) is 74.8 cm³/mol. The number of benzene rings is 1. The van der Waals surface area contributed by atoms with Crippen LogP contribution in [0.1, 0.15) is 19.8 Å². The van der Waals surface area contributed by atoms with Crippen molar-refractivity contribution >= 4 is 5.69 Å². The molecule has 94 valence electrons. The van der Waals surface area contributed by atoms with Crippen LogP contribution in [0.25, 0.3) is 11.3 Å². The molecule has 0 N–H and O–H groups in total. The molecule has 2 heteroatoms. The van der Waals surface area contributed by atoms with Crippen molar-refractivity contribution in [3.63, 3.8) is 0 Å². The lowest BCUT2D eigenvalue weighted by atomic mass is 9.98. The summed E-state index contributed by atoms with van der Waals surface area (Å²) in [5.74, 6) is 1.82. The van der Waals surface area contributed by atoms with Crippen molar-refractivity contribution in [2.24, 2.45) is 5.92 Å². The van der Waals surface area contributed by atoms with Gasteiger partial charge in [-0.05, 0) is 55.2 Å². The van der Waals surface area contributed by atoms with Gasteiger partial charge in [-0.3, -0.25) is 0 Å². The van der Waals surface area contributed by atoms with E-state index in [1.54, 1.807) is 6.26 Å².